The molecule has 0 bridgehead atoms. The van der Waals surface area contributed by atoms with Crippen LogP contribution in [-0.4, -0.2) is 36.2 Å². The van der Waals surface area contributed by atoms with Gasteiger partial charge in [0.2, 0.25) is 0 Å². The fourth-order valence-electron chi connectivity index (χ4n) is 2.49. The molecule has 2 rings (SSSR count). The van der Waals surface area contributed by atoms with E-state index in [4.69, 9.17) is 5.73 Å². The van der Waals surface area contributed by atoms with E-state index in [1.807, 2.05) is 35.4 Å². The molecule has 1 fully saturated rings. The predicted molar refractivity (Wildman–Crippen MR) is 83.2 cm³/mol. The highest BCUT2D eigenvalue weighted by Gasteiger charge is 2.27. The first-order valence-electron chi connectivity index (χ1n) is 6.42. The Kier molecular flexibility index (Phi) is 6.69. The van der Waals surface area contributed by atoms with Gasteiger partial charge in [-0.25, -0.2) is 0 Å². The van der Waals surface area contributed by atoms with Crippen molar-refractivity contribution in [3.8, 4) is 0 Å². The van der Waals surface area contributed by atoms with Crippen LogP contribution in [0.15, 0.2) is 29.2 Å². The number of amides is 1. The molecule has 106 valence electrons. The minimum atomic E-state index is 0. The summed E-state index contributed by atoms with van der Waals surface area (Å²) in [5.74, 6) is 0.134. The first kappa shape index (κ1) is 16.3. The Bertz CT molecular complexity index is 428. The summed E-state index contributed by atoms with van der Waals surface area (Å²) in [6, 6.07) is 8.02. The summed E-state index contributed by atoms with van der Waals surface area (Å²) in [5.41, 5.74) is 6.59. The second kappa shape index (κ2) is 7.78. The number of piperidine rings is 1. The van der Waals surface area contributed by atoms with Gasteiger partial charge < -0.3 is 10.6 Å². The molecule has 3 nitrogen and oxygen atoms in total. The molecule has 1 aliphatic heterocycles. The van der Waals surface area contributed by atoms with Crippen molar-refractivity contribution in [1.29, 1.82) is 0 Å². The molecule has 1 heterocycles. The molecule has 0 aromatic heterocycles. The third kappa shape index (κ3) is 3.65. The van der Waals surface area contributed by atoms with E-state index in [9.17, 15) is 4.79 Å². The molecule has 1 atom stereocenters. The van der Waals surface area contributed by atoms with E-state index in [2.05, 4.69) is 0 Å². The smallest absolute Gasteiger partial charge is 0.255 e. The Morgan fingerprint density at radius 1 is 1.42 bits per heavy atom. The van der Waals surface area contributed by atoms with Gasteiger partial charge in [-0.05, 0) is 37.7 Å². The maximum atomic E-state index is 12.6. The van der Waals surface area contributed by atoms with Crippen LogP contribution in [0.1, 0.15) is 29.6 Å². The van der Waals surface area contributed by atoms with Crippen molar-refractivity contribution in [2.24, 2.45) is 5.73 Å². The molecule has 19 heavy (non-hydrogen) atoms. The SMILES string of the molecule is CSc1ccccc1C(=O)N1CCCCC1CN.Cl. The molecule has 1 amide bonds. The van der Waals surface area contributed by atoms with Crippen molar-refractivity contribution in [3.63, 3.8) is 0 Å². The van der Waals surface area contributed by atoms with Crippen molar-refractivity contribution in [2.75, 3.05) is 19.3 Å². The van der Waals surface area contributed by atoms with Crippen LogP contribution < -0.4 is 5.73 Å². The largest absolute Gasteiger partial charge is 0.334 e. The summed E-state index contributed by atoms with van der Waals surface area (Å²) >= 11 is 1.62. The minimum absolute atomic E-state index is 0. The van der Waals surface area contributed by atoms with E-state index >= 15 is 0 Å². The summed E-state index contributed by atoms with van der Waals surface area (Å²) in [4.78, 5) is 15.6. The van der Waals surface area contributed by atoms with Crippen LogP contribution in [-0.2, 0) is 0 Å². The van der Waals surface area contributed by atoms with E-state index < -0.39 is 0 Å². The van der Waals surface area contributed by atoms with Gasteiger partial charge in [-0.15, -0.1) is 24.2 Å². The first-order chi connectivity index (χ1) is 8.77. The van der Waals surface area contributed by atoms with Crippen LogP contribution in [0.25, 0.3) is 0 Å². The number of likely N-dealkylation sites (tertiary alicyclic amines) is 1. The summed E-state index contributed by atoms with van der Waals surface area (Å²) < 4.78 is 0. The van der Waals surface area contributed by atoms with Crippen LogP contribution >= 0.6 is 24.2 Å². The number of hydrogen-bond donors (Lipinski definition) is 1. The number of carbonyl (C=O) groups excluding carboxylic acids is 1. The zero-order valence-electron chi connectivity index (χ0n) is 11.2. The van der Waals surface area contributed by atoms with Gasteiger partial charge in [-0.1, -0.05) is 12.1 Å². The van der Waals surface area contributed by atoms with E-state index in [0.717, 1.165) is 29.8 Å². The van der Waals surface area contributed by atoms with Crippen molar-refractivity contribution < 1.29 is 4.79 Å². The average Bonchev–Trinajstić information content (AvgIpc) is 2.46. The second-order valence-electron chi connectivity index (χ2n) is 4.58. The maximum Gasteiger partial charge on any atom is 0.255 e. The van der Waals surface area contributed by atoms with Gasteiger partial charge in [0.15, 0.2) is 0 Å². The second-order valence-corrected chi connectivity index (χ2v) is 5.43. The van der Waals surface area contributed by atoms with Crippen molar-refractivity contribution in [2.45, 2.75) is 30.2 Å². The van der Waals surface area contributed by atoms with Gasteiger partial charge in [-0.3, -0.25) is 4.79 Å². The lowest BCUT2D eigenvalue weighted by Gasteiger charge is -2.35. The standard InChI is InChI=1S/C14H20N2OS.ClH/c1-18-13-8-3-2-7-12(13)14(17)16-9-5-4-6-11(16)10-15;/h2-3,7-8,11H,4-6,9-10,15H2,1H3;1H. The molecule has 5 heteroatoms. The number of nitrogens with two attached hydrogens (primary N) is 1. The van der Waals surface area contributed by atoms with Crippen molar-refractivity contribution in [1.82, 2.24) is 4.90 Å². The van der Waals surface area contributed by atoms with Gasteiger partial charge in [0, 0.05) is 24.0 Å². The third-order valence-electron chi connectivity index (χ3n) is 3.50. The van der Waals surface area contributed by atoms with Crippen LogP contribution in [0.2, 0.25) is 0 Å². The fraction of sp³-hybridized carbons (Fsp3) is 0.500. The summed E-state index contributed by atoms with van der Waals surface area (Å²) in [7, 11) is 0. The van der Waals surface area contributed by atoms with Crippen LogP contribution in [0, 0.1) is 0 Å². The molecular formula is C14H21ClN2OS. The highest BCUT2D eigenvalue weighted by atomic mass is 35.5. The number of benzene rings is 1. The highest BCUT2D eigenvalue weighted by Crippen LogP contribution is 2.24. The Labute approximate surface area is 125 Å². The van der Waals surface area contributed by atoms with Gasteiger partial charge in [0.1, 0.15) is 0 Å². The molecule has 0 spiro atoms. The number of hydrogen-bond acceptors (Lipinski definition) is 3. The molecule has 1 aromatic carbocycles. The van der Waals surface area contributed by atoms with Gasteiger partial charge in [0.25, 0.3) is 5.91 Å². The average molecular weight is 301 g/mol. The Balaban J connectivity index is 0.00000180. The van der Waals surface area contributed by atoms with Crippen molar-refractivity contribution in [3.05, 3.63) is 29.8 Å². The molecule has 1 saturated heterocycles. The lowest BCUT2D eigenvalue weighted by molar-refractivity contribution is 0.0620. The van der Waals surface area contributed by atoms with Crippen LogP contribution in [0.4, 0.5) is 0 Å². The zero-order chi connectivity index (χ0) is 13.0. The van der Waals surface area contributed by atoms with Gasteiger partial charge in [0.05, 0.1) is 5.56 Å². The number of thioether (sulfide) groups is 1. The Morgan fingerprint density at radius 3 is 2.84 bits per heavy atom. The van der Waals surface area contributed by atoms with E-state index in [0.29, 0.717) is 6.54 Å². The lowest BCUT2D eigenvalue weighted by atomic mass is 10.0. The third-order valence-corrected chi connectivity index (χ3v) is 4.29. The summed E-state index contributed by atoms with van der Waals surface area (Å²) in [6.07, 6.45) is 5.30. The van der Waals surface area contributed by atoms with Gasteiger partial charge in [-0.2, -0.15) is 0 Å². The topological polar surface area (TPSA) is 46.3 Å². The van der Waals surface area contributed by atoms with E-state index in [1.165, 1.54) is 6.42 Å². The number of halogens is 1. The van der Waals surface area contributed by atoms with Crippen molar-refractivity contribution >= 4 is 30.1 Å². The Morgan fingerprint density at radius 2 is 2.16 bits per heavy atom. The minimum Gasteiger partial charge on any atom is -0.334 e. The number of rotatable bonds is 3. The molecule has 0 aliphatic carbocycles. The van der Waals surface area contributed by atoms with E-state index in [1.54, 1.807) is 11.8 Å². The summed E-state index contributed by atoms with van der Waals surface area (Å²) in [5, 5.41) is 0. The zero-order valence-corrected chi connectivity index (χ0v) is 12.8. The first-order valence-corrected chi connectivity index (χ1v) is 7.64. The predicted octanol–water partition coefficient (Wildman–Crippen LogP) is 2.78. The molecule has 1 aromatic rings. The molecule has 2 N–H and O–H groups in total. The normalized spacial score (nSPS) is 18.8. The van der Waals surface area contributed by atoms with Gasteiger partial charge >= 0.3 is 0 Å². The molecule has 0 radical (unpaired) electrons. The number of carbonyl (C=O) groups is 1. The molecule has 1 unspecified atom stereocenters. The quantitative estimate of drug-likeness (QED) is 0.873. The monoisotopic (exact) mass is 300 g/mol. The summed E-state index contributed by atoms with van der Waals surface area (Å²) in [6.45, 7) is 1.40. The molecule has 0 saturated carbocycles. The highest BCUT2D eigenvalue weighted by molar-refractivity contribution is 7.98. The maximum absolute atomic E-state index is 12.6. The molecule has 1 aliphatic rings. The van der Waals surface area contributed by atoms with E-state index in [-0.39, 0.29) is 24.4 Å². The Hall–Kier alpha value is -0.710. The fourth-order valence-corrected chi connectivity index (χ4v) is 3.08. The number of nitrogens with zero attached hydrogens (tertiary/aromatic N) is 1. The molecular weight excluding hydrogens is 280 g/mol. The van der Waals surface area contributed by atoms with Crippen LogP contribution in [0.5, 0.6) is 0 Å². The van der Waals surface area contributed by atoms with Crippen LogP contribution in [0.3, 0.4) is 0 Å². The lowest BCUT2D eigenvalue weighted by Crippen LogP contribution is -2.47.